The minimum absolute atomic E-state index is 0.0223. The van der Waals surface area contributed by atoms with Crippen molar-refractivity contribution in [3.8, 4) is 0 Å². The highest BCUT2D eigenvalue weighted by atomic mass is 32.2. The fraction of sp³-hybridized carbons (Fsp3) is 0.385. The lowest BCUT2D eigenvalue weighted by molar-refractivity contribution is -0.385. The molecule has 9 nitrogen and oxygen atoms in total. The Hall–Kier alpha value is -2.33. The predicted octanol–water partition coefficient (Wildman–Crippen LogP) is 1.13. The highest BCUT2D eigenvalue weighted by Gasteiger charge is 2.35. The molecule has 10 heteroatoms. The number of hydrogen-bond donors (Lipinski definition) is 0. The molecule has 1 unspecified atom stereocenters. The lowest BCUT2D eigenvalue weighted by Gasteiger charge is -2.17. The first-order valence-electron chi connectivity index (χ1n) is 7.00. The summed E-state index contributed by atoms with van der Waals surface area (Å²) in [6.07, 6.45) is 3.86. The summed E-state index contributed by atoms with van der Waals surface area (Å²) in [5.41, 5.74) is 0.251. The Bertz CT molecular complexity index is 834. The van der Waals surface area contributed by atoms with E-state index in [1.807, 2.05) is 0 Å². The highest BCUT2D eigenvalue weighted by molar-refractivity contribution is 7.89. The topological polar surface area (TPSA) is 111 Å². The molecular formula is C13H15N5O4S. The first-order valence-corrected chi connectivity index (χ1v) is 8.44. The summed E-state index contributed by atoms with van der Waals surface area (Å²) in [6, 6.07) is 3.80. The van der Waals surface area contributed by atoms with Crippen molar-refractivity contribution in [1.29, 1.82) is 0 Å². The van der Waals surface area contributed by atoms with Gasteiger partial charge in [-0.25, -0.2) is 13.1 Å². The first-order chi connectivity index (χ1) is 10.9. The molecule has 1 aliphatic rings. The summed E-state index contributed by atoms with van der Waals surface area (Å²) in [7, 11) is -3.78. The van der Waals surface area contributed by atoms with E-state index < -0.39 is 14.9 Å². The van der Waals surface area contributed by atoms with Gasteiger partial charge < -0.3 is 0 Å². The van der Waals surface area contributed by atoms with Gasteiger partial charge in [0, 0.05) is 31.4 Å². The van der Waals surface area contributed by atoms with E-state index in [9.17, 15) is 18.5 Å². The number of benzene rings is 1. The van der Waals surface area contributed by atoms with E-state index in [4.69, 9.17) is 0 Å². The molecule has 1 aliphatic heterocycles. The zero-order valence-electron chi connectivity index (χ0n) is 12.4. The minimum atomic E-state index is -3.78. The predicted molar refractivity (Wildman–Crippen MR) is 80.3 cm³/mol. The molecule has 1 aromatic heterocycles. The van der Waals surface area contributed by atoms with Gasteiger partial charge in [-0.2, -0.15) is 4.31 Å². The van der Waals surface area contributed by atoms with Crippen molar-refractivity contribution in [2.45, 2.75) is 24.3 Å². The second-order valence-electron chi connectivity index (χ2n) is 5.40. The normalized spacial score (nSPS) is 19.1. The smallest absolute Gasteiger partial charge is 0.258 e. The second kappa shape index (κ2) is 5.70. The Morgan fingerprint density at radius 1 is 1.39 bits per heavy atom. The van der Waals surface area contributed by atoms with E-state index in [0.717, 1.165) is 6.07 Å². The van der Waals surface area contributed by atoms with Crippen LogP contribution >= 0.6 is 0 Å². The lowest BCUT2D eigenvalue weighted by Crippen LogP contribution is -2.30. The summed E-state index contributed by atoms with van der Waals surface area (Å²) in [5.74, 6) is 0. The van der Waals surface area contributed by atoms with Crippen LogP contribution in [-0.2, 0) is 10.0 Å². The van der Waals surface area contributed by atoms with Crippen LogP contribution in [0.2, 0.25) is 0 Å². The molecule has 0 amide bonds. The standard InChI is InChI=1S/C13H15N5O4S/c1-10-2-3-11(18(19)20)8-13(10)23(21,22)16-6-4-12(9-16)17-7-5-14-15-17/h2-3,5,7-8,12H,4,6,9H2,1H3. The summed E-state index contributed by atoms with van der Waals surface area (Å²) >= 11 is 0. The molecule has 0 spiro atoms. The van der Waals surface area contributed by atoms with Crippen LogP contribution in [0, 0.1) is 17.0 Å². The maximum Gasteiger partial charge on any atom is 0.270 e. The van der Waals surface area contributed by atoms with E-state index in [1.54, 1.807) is 24.0 Å². The van der Waals surface area contributed by atoms with Gasteiger partial charge in [-0.3, -0.25) is 10.1 Å². The summed E-state index contributed by atoms with van der Waals surface area (Å²) < 4.78 is 28.6. The fourth-order valence-corrected chi connectivity index (χ4v) is 4.41. The number of nitro groups is 1. The van der Waals surface area contributed by atoms with E-state index >= 15 is 0 Å². The largest absolute Gasteiger partial charge is 0.270 e. The summed E-state index contributed by atoms with van der Waals surface area (Å²) in [4.78, 5) is 10.3. The molecule has 0 aliphatic carbocycles. The number of hydrogen-bond acceptors (Lipinski definition) is 6. The average molecular weight is 337 g/mol. The molecule has 0 saturated carbocycles. The van der Waals surface area contributed by atoms with Gasteiger partial charge in [0.05, 0.1) is 22.1 Å². The van der Waals surface area contributed by atoms with Crippen LogP contribution in [0.25, 0.3) is 0 Å². The van der Waals surface area contributed by atoms with Crippen molar-refractivity contribution in [2.75, 3.05) is 13.1 Å². The fourth-order valence-electron chi connectivity index (χ4n) is 2.68. The van der Waals surface area contributed by atoms with Crippen molar-refractivity contribution < 1.29 is 13.3 Å². The van der Waals surface area contributed by atoms with Gasteiger partial charge in [0.2, 0.25) is 10.0 Å². The molecule has 1 aromatic carbocycles. The maximum absolute atomic E-state index is 12.8. The Balaban J connectivity index is 1.91. The van der Waals surface area contributed by atoms with Gasteiger partial charge >= 0.3 is 0 Å². The third-order valence-corrected chi connectivity index (χ3v) is 5.95. The number of non-ortho nitro benzene ring substituents is 1. The average Bonchev–Trinajstić information content (AvgIpc) is 3.18. The van der Waals surface area contributed by atoms with Gasteiger partial charge in [-0.15, -0.1) is 5.10 Å². The van der Waals surface area contributed by atoms with Gasteiger partial charge in [-0.1, -0.05) is 11.3 Å². The Morgan fingerprint density at radius 3 is 2.83 bits per heavy atom. The molecule has 23 heavy (non-hydrogen) atoms. The van der Waals surface area contributed by atoms with Gasteiger partial charge in [-0.05, 0) is 18.9 Å². The number of sulfonamides is 1. The van der Waals surface area contributed by atoms with Crippen LogP contribution in [0.1, 0.15) is 18.0 Å². The molecule has 1 saturated heterocycles. The van der Waals surface area contributed by atoms with Crippen molar-refractivity contribution in [3.05, 3.63) is 46.3 Å². The van der Waals surface area contributed by atoms with Crippen LogP contribution in [0.3, 0.4) is 0 Å². The Morgan fingerprint density at radius 2 is 2.17 bits per heavy atom. The highest BCUT2D eigenvalue weighted by Crippen LogP contribution is 2.30. The lowest BCUT2D eigenvalue weighted by atomic mass is 10.2. The van der Waals surface area contributed by atoms with Gasteiger partial charge in [0.15, 0.2) is 0 Å². The number of nitrogens with zero attached hydrogens (tertiary/aromatic N) is 5. The number of rotatable bonds is 4. The van der Waals surface area contributed by atoms with Gasteiger partial charge in [0.1, 0.15) is 0 Å². The van der Waals surface area contributed by atoms with Crippen molar-refractivity contribution in [2.24, 2.45) is 0 Å². The molecule has 2 aromatic rings. The SMILES string of the molecule is Cc1ccc([N+](=O)[O-])cc1S(=O)(=O)N1CCC(n2ccnn2)C1. The molecule has 3 rings (SSSR count). The number of aryl methyl sites for hydroxylation is 1. The van der Waals surface area contributed by atoms with Crippen LogP contribution in [0.5, 0.6) is 0 Å². The van der Waals surface area contributed by atoms with E-state index in [1.165, 1.54) is 16.4 Å². The van der Waals surface area contributed by atoms with E-state index in [-0.39, 0.29) is 23.2 Å². The number of aromatic nitrogens is 3. The maximum atomic E-state index is 12.8. The Kier molecular flexibility index (Phi) is 3.86. The Labute approximate surface area is 132 Å². The van der Waals surface area contributed by atoms with Crippen LogP contribution in [-0.4, -0.2) is 45.7 Å². The molecule has 0 bridgehead atoms. The third kappa shape index (κ3) is 2.82. The molecule has 0 N–H and O–H groups in total. The second-order valence-corrected chi connectivity index (χ2v) is 7.30. The van der Waals surface area contributed by atoms with E-state index in [0.29, 0.717) is 18.5 Å². The molecule has 122 valence electrons. The van der Waals surface area contributed by atoms with Crippen LogP contribution in [0.4, 0.5) is 5.69 Å². The zero-order chi connectivity index (χ0) is 16.6. The monoisotopic (exact) mass is 337 g/mol. The molecule has 1 fully saturated rings. The molecule has 1 atom stereocenters. The van der Waals surface area contributed by atoms with Gasteiger partial charge in [0.25, 0.3) is 5.69 Å². The molecule has 0 radical (unpaired) electrons. The minimum Gasteiger partial charge on any atom is -0.258 e. The van der Waals surface area contributed by atoms with Crippen LogP contribution < -0.4 is 0 Å². The summed E-state index contributed by atoms with van der Waals surface area (Å²) in [6.45, 7) is 2.24. The van der Waals surface area contributed by atoms with Crippen molar-refractivity contribution in [1.82, 2.24) is 19.3 Å². The molecule has 2 heterocycles. The van der Waals surface area contributed by atoms with Crippen LogP contribution in [0.15, 0.2) is 35.5 Å². The molecular weight excluding hydrogens is 322 g/mol. The van der Waals surface area contributed by atoms with Crippen molar-refractivity contribution in [3.63, 3.8) is 0 Å². The zero-order valence-corrected chi connectivity index (χ0v) is 13.2. The number of nitro benzene ring substituents is 1. The quantitative estimate of drug-likeness (QED) is 0.611. The van der Waals surface area contributed by atoms with E-state index in [2.05, 4.69) is 10.3 Å². The van der Waals surface area contributed by atoms with Crippen molar-refractivity contribution >= 4 is 15.7 Å². The summed E-state index contributed by atoms with van der Waals surface area (Å²) in [5, 5.41) is 18.5. The third-order valence-electron chi connectivity index (χ3n) is 3.94. The first kappa shape index (κ1) is 15.6.